The largest absolute Gasteiger partial charge is 0.376 e. The summed E-state index contributed by atoms with van der Waals surface area (Å²) in [5.41, 5.74) is 2.97. The summed E-state index contributed by atoms with van der Waals surface area (Å²) < 4.78 is 0. The van der Waals surface area contributed by atoms with Crippen molar-refractivity contribution in [2.45, 2.75) is 33.2 Å². The average molecular weight is 339 g/mol. The molecule has 0 heterocycles. The zero-order chi connectivity index (χ0) is 18.4. The highest BCUT2D eigenvalue weighted by Crippen LogP contribution is 2.12. The highest BCUT2D eigenvalue weighted by atomic mass is 16.2. The van der Waals surface area contributed by atoms with Crippen molar-refractivity contribution < 1.29 is 9.59 Å². The molecule has 132 valence electrons. The molecular formula is C20H25N3O2. The van der Waals surface area contributed by atoms with E-state index < -0.39 is 0 Å². The summed E-state index contributed by atoms with van der Waals surface area (Å²) in [5, 5.41) is 8.80. The Hall–Kier alpha value is -2.82. The number of anilines is 2. The average Bonchev–Trinajstić information content (AvgIpc) is 2.52. The number of hydrogen-bond acceptors (Lipinski definition) is 3. The molecule has 0 aliphatic heterocycles. The summed E-state index contributed by atoms with van der Waals surface area (Å²) in [6, 6.07) is 14.7. The maximum Gasteiger partial charge on any atom is 0.251 e. The fourth-order valence-electron chi connectivity index (χ4n) is 2.26. The van der Waals surface area contributed by atoms with Crippen LogP contribution in [0.4, 0.5) is 11.4 Å². The highest BCUT2D eigenvalue weighted by Gasteiger charge is 2.15. The lowest BCUT2D eigenvalue weighted by atomic mass is 10.1. The van der Waals surface area contributed by atoms with Gasteiger partial charge in [0.2, 0.25) is 5.91 Å². The predicted molar refractivity (Wildman–Crippen MR) is 102 cm³/mol. The van der Waals surface area contributed by atoms with Crippen LogP contribution in [0.15, 0.2) is 48.5 Å². The van der Waals surface area contributed by atoms with Gasteiger partial charge in [-0.3, -0.25) is 9.59 Å². The fraction of sp³-hybridized carbons (Fsp3) is 0.300. The van der Waals surface area contributed by atoms with E-state index in [-0.39, 0.29) is 23.9 Å². The minimum atomic E-state index is -0.286. The maximum atomic E-state index is 12.1. The molecule has 0 saturated heterocycles. The summed E-state index contributed by atoms with van der Waals surface area (Å²) in [4.78, 5) is 24.1. The van der Waals surface area contributed by atoms with Crippen LogP contribution in [-0.2, 0) is 4.79 Å². The van der Waals surface area contributed by atoms with E-state index in [4.69, 9.17) is 0 Å². The van der Waals surface area contributed by atoms with Gasteiger partial charge in [0.15, 0.2) is 0 Å². The molecule has 2 rings (SSSR count). The van der Waals surface area contributed by atoms with Gasteiger partial charge in [0.05, 0.1) is 6.54 Å². The van der Waals surface area contributed by atoms with Crippen molar-refractivity contribution in [1.82, 2.24) is 5.32 Å². The Kier molecular flexibility index (Phi) is 5.80. The lowest BCUT2D eigenvalue weighted by molar-refractivity contribution is -0.114. The van der Waals surface area contributed by atoms with Crippen LogP contribution in [0, 0.1) is 6.92 Å². The van der Waals surface area contributed by atoms with Crippen LogP contribution >= 0.6 is 0 Å². The monoisotopic (exact) mass is 339 g/mol. The topological polar surface area (TPSA) is 70.2 Å². The Morgan fingerprint density at radius 2 is 1.64 bits per heavy atom. The normalized spacial score (nSPS) is 10.9. The first-order valence-corrected chi connectivity index (χ1v) is 8.26. The number of rotatable bonds is 5. The van der Waals surface area contributed by atoms with Gasteiger partial charge in [-0.2, -0.15) is 0 Å². The number of amides is 2. The van der Waals surface area contributed by atoms with Crippen molar-refractivity contribution in [2.75, 3.05) is 17.2 Å². The molecule has 0 unspecified atom stereocenters. The van der Waals surface area contributed by atoms with Gasteiger partial charge in [-0.1, -0.05) is 12.1 Å². The summed E-state index contributed by atoms with van der Waals surface area (Å²) >= 11 is 0. The zero-order valence-electron chi connectivity index (χ0n) is 15.1. The first-order valence-electron chi connectivity index (χ1n) is 8.26. The molecule has 3 N–H and O–H groups in total. The van der Waals surface area contributed by atoms with E-state index in [2.05, 4.69) is 16.0 Å². The molecule has 0 aliphatic carbocycles. The van der Waals surface area contributed by atoms with Crippen molar-refractivity contribution in [3.8, 4) is 0 Å². The quantitative estimate of drug-likeness (QED) is 0.780. The van der Waals surface area contributed by atoms with Gasteiger partial charge in [0.25, 0.3) is 5.91 Å². The van der Waals surface area contributed by atoms with E-state index >= 15 is 0 Å². The Labute approximate surface area is 148 Å². The Bertz CT molecular complexity index is 746. The molecule has 5 nitrogen and oxygen atoms in total. The molecule has 0 spiro atoms. The standard InChI is InChI=1S/C20H25N3O2/c1-14-6-5-7-17(12-14)21-13-18(24)22-16-10-8-15(9-11-16)19(25)23-20(2,3)4/h5-12,21H,13H2,1-4H3,(H,22,24)(H,23,25). The second-order valence-electron chi connectivity index (χ2n) is 7.05. The second-order valence-corrected chi connectivity index (χ2v) is 7.05. The van der Waals surface area contributed by atoms with Gasteiger partial charge in [-0.25, -0.2) is 0 Å². The Morgan fingerprint density at radius 3 is 2.24 bits per heavy atom. The van der Waals surface area contributed by atoms with Crippen molar-refractivity contribution >= 4 is 23.2 Å². The summed E-state index contributed by atoms with van der Waals surface area (Å²) in [6.45, 7) is 7.97. The Morgan fingerprint density at radius 1 is 0.960 bits per heavy atom. The van der Waals surface area contributed by atoms with Crippen molar-refractivity contribution in [3.05, 3.63) is 59.7 Å². The predicted octanol–water partition coefficient (Wildman–Crippen LogP) is 3.57. The molecule has 0 aromatic heterocycles. The molecule has 0 aliphatic rings. The van der Waals surface area contributed by atoms with Crippen LogP contribution in [0.25, 0.3) is 0 Å². The first-order chi connectivity index (χ1) is 11.7. The van der Waals surface area contributed by atoms with Gasteiger partial charge in [-0.05, 0) is 69.7 Å². The van der Waals surface area contributed by atoms with Gasteiger partial charge in [0, 0.05) is 22.5 Å². The number of carbonyl (C=O) groups is 2. The minimum absolute atomic E-state index is 0.133. The third-order valence-corrected chi connectivity index (χ3v) is 3.39. The molecule has 2 aromatic rings. The molecular weight excluding hydrogens is 314 g/mol. The third kappa shape index (κ3) is 6.30. The van der Waals surface area contributed by atoms with E-state index in [9.17, 15) is 9.59 Å². The van der Waals surface area contributed by atoms with E-state index in [1.807, 2.05) is 52.0 Å². The third-order valence-electron chi connectivity index (χ3n) is 3.39. The van der Waals surface area contributed by atoms with Gasteiger partial charge in [-0.15, -0.1) is 0 Å². The van der Waals surface area contributed by atoms with Crippen LogP contribution in [0.1, 0.15) is 36.7 Å². The minimum Gasteiger partial charge on any atom is -0.376 e. The second kappa shape index (κ2) is 7.83. The molecule has 0 atom stereocenters. The molecule has 0 bridgehead atoms. The molecule has 25 heavy (non-hydrogen) atoms. The van der Waals surface area contributed by atoms with Crippen LogP contribution in [-0.4, -0.2) is 23.9 Å². The maximum absolute atomic E-state index is 12.1. The van der Waals surface area contributed by atoms with Crippen LogP contribution < -0.4 is 16.0 Å². The molecule has 2 aromatic carbocycles. The van der Waals surface area contributed by atoms with Crippen molar-refractivity contribution in [1.29, 1.82) is 0 Å². The molecule has 0 fully saturated rings. The highest BCUT2D eigenvalue weighted by molar-refractivity contribution is 5.96. The number of hydrogen-bond donors (Lipinski definition) is 3. The Balaban J connectivity index is 1.88. The number of aryl methyl sites for hydroxylation is 1. The van der Waals surface area contributed by atoms with Crippen molar-refractivity contribution in [3.63, 3.8) is 0 Å². The smallest absolute Gasteiger partial charge is 0.251 e. The lowest BCUT2D eigenvalue weighted by Gasteiger charge is -2.20. The van der Waals surface area contributed by atoms with Gasteiger partial charge < -0.3 is 16.0 Å². The first kappa shape index (κ1) is 18.5. The van der Waals surface area contributed by atoms with E-state index in [0.717, 1.165) is 11.3 Å². The number of nitrogens with one attached hydrogen (secondary N) is 3. The van der Waals surface area contributed by atoms with E-state index in [1.54, 1.807) is 24.3 Å². The fourth-order valence-corrected chi connectivity index (χ4v) is 2.26. The molecule has 5 heteroatoms. The van der Waals surface area contributed by atoms with E-state index in [0.29, 0.717) is 11.3 Å². The lowest BCUT2D eigenvalue weighted by Crippen LogP contribution is -2.40. The van der Waals surface area contributed by atoms with Crippen LogP contribution in [0.5, 0.6) is 0 Å². The number of benzene rings is 2. The molecule has 2 amide bonds. The van der Waals surface area contributed by atoms with Crippen LogP contribution in [0.2, 0.25) is 0 Å². The molecule has 0 radical (unpaired) electrons. The summed E-state index contributed by atoms with van der Waals surface area (Å²) in [5.74, 6) is -0.278. The van der Waals surface area contributed by atoms with Gasteiger partial charge in [0.1, 0.15) is 0 Å². The van der Waals surface area contributed by atoms with Crippen molar-refractivity contribution in [2.24, 2.45) is 0 Å². The zero-order valence-corrected chi connectivity index (χ0v) is 15.1. The molecule has 0 saturated carbocycles. The van der Waals surface area contributed by atoms with Gasteiger partial charge >= 0.3 is 0 Å². The van der Waals surface area contributed by atoms with E-state index in [1.165, 1.54) is 0 Å². The SMILES string of the molecule is Cc1cccc(NCC(=O)Nc2ccc(C(=O)NC(C)(C)C)cc2)c1. The summed E-state index contributed by atoms with van der Waals surface area (Å²) in [6.07, 6.45) is 0. The number of carbonyl (C=O) groups excluding carboxylic acids is 2. The summed E-state index contributed by atoms with van der Waals surface area (Å²) in [7, 11) is 0. The van der Waals surface area contributed by atoms with Crippen LogP contribution in [0.3, 0.4) is 0 Å².